The molecule has 2 rings (SSSR count). The van der Waals surface area contributed by atoms with Gasteiger partial charge in [0.05, 0.1) is 11.4 Å². The minimum Gasteiger partial charge on any atom is -0.411 e. The van der Waals surface area contributed by atoms with E-state index >= 15 is 0 Å². The number of nitrogens with zero attached hydrogens (tertiary/aromatic N) is 1. The predicted molar refractivity (Wildman–Crippen MR) is 52.2 cm³/mol. The molecule has 1 atom stereocenters. The summed E-state index contributed by atoms with van der Waals surface area (Å²) in [6.07, 6.45) is 3.54. The molecule has 0 amide bonds. The van der Waals surface area contributed by atoms with Crippen LogP contribution in [0.5, 0.6) is 0 Å². The topological polar surface area (TPSA) is 86.1 Å². The normalized spacial score (nSPS) is 33.0. The summed E-state index contributed by atoms with van der Waals surface area (Å²) >= 11 is 0. The first kappa shape index (κ1) is 10.0. The first-order chi connectivity index (χ1) is 7.23. The smallest absolute Gasteiger partial charge is 0.183 e. The van der Waals surface area contributed by atoms with Crippen molar-refractivity contribution < 1.29 is 15.3 Å². The molecule has 0 unspecified atom stereocenters. The Bertz CT molecular complexity index is 351. The number of hydrogen-bond acceptors (Lipinski definition) is 6. The summed E-state index contributed by atoms with van der Waals surface area (Å²) in [6, 6.07) is 0. The van der Waals surface area contributed by atoms with Crippen LogP contribution in [0, 0.1) is 0 Å². The SMILES string of the molecule is C=C1C[C@]2(ON1)C(NO)=CCC/C2=N/O. The highest BCUT2D eigenvalue weighted by molar-refractivity contribution is 5.96. The molecule has 0 saturated carbocycles. The third kappa shape index (κ3) is 1.38. The fourth-order valence-electron chi connectivity index (χ4n) is 1.99. The van der Waals surface area contributed by atoms with Crippen molar-refractivity contribution in [3.63, 3.8) is 0 Å². The molecule has 0 bridgehead atoms. The Labute approximate surface area is 86.8 Å². The third-order valence-electron chi connectivity index (χ3n) is 2.70. The Morgan fingerprint density at radius 3 is 3.00 bits per heavy atom. The monoisotopic (exact) mass is 211 g/mol. The predicted octanol–water partition coefficient (Wildman–Crippen LogP) is 0.651. The number of hydrogen-bond donors (Lipinski definition) is 4. The summed E-state index contributed by atoms with van der Waals surface area (Å²) in [6.45, 7) is 3.73. The number of oxime groups is 1. The van der Waals surface area contributed by atoms with Crippen molar-refractivity contribution >= 4 is 5.71 Å². The van der Waals surface area contributed by atoms with Gasteiger partial charge in [-0.2, -0.15) is 0 Å². The van der Waals surface area contributed by atoms with Crippen LogP contribution in [0.25, 0.3) is 0 Å². The van der Waals surface area contributed by atoms with Crippen molar-refractivity contribution in [2.45, 2.75) is 24.9 Å². The standard InChI is InChI=1S/C9H13N3O3/c1-6-5-9(15-12-6)7(10-13)3-2-4-8(9)11-14/h3,10,12-14H,1-2,4-5H2/b11-8-/t9-/m0/s1. The Morgan fingerprint density at radius 2 is 2.47 bits per heavy atom. The quantitative estimate of drug-likeness (QED) is 0.378. The fraction of sp³-hybridized carbons (Fsp3) is 0.444. The molecular formula is C9H13N3O3. The zero-order valence-electron chi connectivity index (χ0n) is 8.16. The van der Waals surface area contributed by atoms with Crippen LogP contribution in [0.1, 0.15) is 19.3 Å². The van der Waals surface area contributed by atoms with Gasteiger partial charge in [0.1, 0.15) is 0 Å². The second-order valence-electron chi connectivity index (χ2n) is 3.63. The van der Waals surface area contributed by atoms with Crippen molar-refractivity contribution in [3.8, 4) is 0 Å². The van der Waals surface area contributed by atoms with Crippen LogP contribution in [-0.2, 0) is 4.84 Å². The molecule has 1 spiro atoms. The lowest BCUT2D eigenvalue weighted by Gasteiger charge is -2.31. The van der Waals surface area contributed by atoms with E-state index in [1.54, 1.807) is 0 Å². The maximum Gasteiger partial charge on any atom is 0.183 e. The van der Waals surface area contributed by atoms with Crippen LogP contribution in [0.2, 0.25) is 0 Å². The molecule has 1 aliphatic carbocycles. The molecule has 0 radical (unpaired) electrons. The molecular weight excluding hydrogens is 198 g/mol. The number of allylic oxidation sites excluding steroid dienone is 1. The minimum absolute atomic E-state index is 0.436. The van der Waals surface area contributed by atoms with Gasteiger partial charge in [0.25, 0.3) is 0 Å². The molecule has 1 fully saturated rings. The van der Waals surface area contributed by atoms with Crippen LogP contribution < -0.4 is 11.0 Å². The third-order valence-corrected chi connectivity index (χ3v) is 2.70. The average molecular weight is 211 g/mol. The molecule has 6 heteroatoms. The molecule has 82 valence electrons. The van der Waals surface area contributed by atoms with Gasteiger partial charge < -0.3 is 5.21 Å². The lowest BCUT2D eigenvalue weighted by atomic mass is 9.83. The number of nitrogens with one attached hydrogen (secondary N) is 2. The van der Waals surface area contributed by atoms with Gasteiger partial charge in [-0.05, 0) is 12.8 Å². The van der Waals surface area contributed by atoms with Crippen molar-refractivity contribution in [1.29, 1.82) is 0 Å². The van der Waals surface area contributed by atoms with Crippen molar-refractivity contribution in [2.75, 3.05) is 0 Å². The van der Waals surface area contributed by atoms with Crippen LogP contribution in [-0.4, -0.2) is 21.7 Å². The van der Waals surface area contributed by atoms with Gasteiger partial charge in [-0.15, -0.1) is 0 Å². The number of rotatable bonds is 1. The van der Waals surface area contributed by atoms with E-state index in [0.29, 0.717) is 36.4 Å². The van der Waals surface area contributed by atoms with Gasteiger partial charge in [0.15, 0.2) is 5.60 Å². The Balaban J connectivity index is 2.42. The summed E-state index contributed by atoms with van der Waals surface area (Å²) in [5, 5.41) is 21.2. The molecule has 6 nitrogen and oxygen atoms in total. The molecule has 1 aliphatic heterocycles. The highest BCUT2D eigenvalue weighted by atomic mass is 16.7. The van der Waals surface area contributed by atoms with E-state index in [0.717, 1.165) is 0 Å². The van der Waals surface area contributed by atoms with E-state index in [1.807, 2.05) is 6.08 Å². The lowest BCUT2D eigenvalue weighted by molar-refractivity contribution is -0.000495. The molecule has 4 N–H and O–H groups in total. The molecule has 1 heterocycles. The fourth-order valence-corrected chi connectivity index (χ4v) is 1.99. The van der Waals surface area contributed by atoms with Crippen LogP contribution in [0.3, 0.4) is 0 Å². The van der Waals surface area contributed by atoms with Crippen molar-refractivity contribution in [3.05, 3.63) is 24.0 Å². The zero-order chi connectivity index (χ0) is 10.9. The van der Waals surface area contributed by atoms with Gasteiger partial charge in [-0.1, -0.05) is 17.8 Å². The Hall–Kier alpha value is -1.53. The van der Waals surface area contributed by atoms with Gasteiger partial charge in [0, 0.05) is 12.1 Å². The molecule has 2 aliphatic rings. The van der Waals surface area contributed by atoms with E-state index in [1.165, 1.54) is 0 Å². The van der Waals surface area contributed by atoms with Gasteiger partial charge in [0.2, 0.25) is 0 Å². The van der Waals surface area contributed by atoms with E-state index in [2.05, 4.69) is 22.7 Å². The van der Waals surface area contributed by atoms with Crippen molar-refractivity contribution in [2.24, 2.45) is 5.16 Å². The molecule has 15 heavy (non-hydrogen) atoms. The average Bonchev–Trinajstić information content (AvgIpc) is 2.62. The molecule has 1 saturated heterocycles. The van der Waals surface area contributed by atoms with Crippen LogP contribution in [0.4, 0.5) is 0 Å². The van der Waals surface area contributed by atoms with E-state index in [4.69, 9.17) is 15.3 Å². The summed E-state index contributed by atoms with van der Waals surface area (Å²) in [4.78, 5) is 5.37. The van der Waals surface area contributed by atoms with Crippen LogP contribution in [0.15, 0.2) is 29.2 Å². The van der Waals surface area contributed by atoms with Crippen LogP contribution >= 0.6 is 0 Å². The highest BCUT2D eigenvalue weighted by Gasteiger charge is 2.48. The van der Waals surface area contributed by atoms with Crippen molar-refractivity contribution in [1.82, 2.24) is 11.0 Å². The Morgan fingerprint density at radius 1 is 1.67 bits per heavy atom. The van der Waals surface area contributed by atoms with Gasteiger partial charge in [-0.3, -0.25) is 21.0 Å². The largest absolute Gasteiger partial charge is 0.411 e. The second kappa shape index (κ2) is 3.56. The highest BCUT2D eigenvalue weighted by Crippen LogP contribution is 2.37. The summed E-state index contributed by atoms with van der Waals surface area (Å²) in [7, 11) is 0. The van der Waals surface area contributed by atoms with Gasteiger partial charge in [-0.25, -0.2) is 0 Å². The van der Waals surface area contributed by atoms with Gasteiger partial charge >= 0.3 is 0 Å². The molecule has 0 aromatic carbocycles. The second-order valence-corrected chi connectivity index (χ2v) is 3.63. The first-order valence-electron chi connectivity index (χ1n) is 4.67. The van der Waals surface area contributed by atoms with E-state index < -0.39 is 5.60 Å². The molecule has 0 aromatic heterocycles. The maximum atomic E-state index is 9.02. The minimum atomic E-state index is -0.932. The lowest BCUT2D eigenvalue weighted by Crippen LogP contribution is -2.47. The first-order valence-corrected chi connectivity index (χ1v) is 4.67. The molecule has 0 aromatic rings. The Kier molecular flexibility index (Phi) is 2.37. The summed E-state index contributed by atoms with van der Waals surface area (Å²) in [5.41, 5.74) is 5.42. The number of hydroxylamine groups is 2. The zero-order valence-corrected chi connectivity index (χ0v) is 8.16. The summed E-state index contributed by atoms with van der Waals surface area (Å²) < 4.78 is 0. The van der Waals surface area contributed by atoms with E-state index in [-0.39, 0.29) is 0 Å². The maximum absolute atomic E-state index is 9.02. The van der Waals surface area contributed by atoms with E-state index in [9.17, 15) is 0 Å². The summed E-state index contributed by atoms with van der Waals surface area (Å²) in [5.74, 6) is 0.